The number of nitriles is 1. The quantitative estimate of drug-likeness (QED) is 0.784. The van der Waals surface area contributed by atoms with Crippen molar-refractivity contribution >= 4 is 6.09 Å². The van der Waals surface area contributed by atoms with Crippen molar-refractivity contribution in [2.75, 3.05) is 0 Å². The van der Waals surface area contributed by atoms with Crippen molar-refractivity contribution in [3.8, 4) is 6.07 Å². The fourth-order valence-electron chi connectivity index (χ4n) is 3.30. The van der Waals surface area contributed by atoms with Gasteiger partial charge in [-0.1, -0.05) is 6.92 Å². The largest absolute Gasteiger partial charge is 0.444 e. The molecule has 2 aliphatic heterocycles. The number of carbonyl (C=O) groups excluding carboxylic acids is 1. The second-order valence-corrected chi connectivity index (χ2v) is 7.36. The van der Waals surface area contributed by atoms with Crippen LogP contribution in [0.3, 0.4) is 0 Å². The van der Waals surface area contributed by atoms with Gasteiger partial charge in [-0.2, -0.15) is 5.26 Å². The van der Waals surface area contributed by atoms with E-state index in [1.165, 1.54) is 0 Å². The lowest BCUT2D eigenvalue weighted by Crippen LogP contribution is -2.48. The lowest BCUT2D eigenvalue weighted by molar-refractivity contribution is -0.166. The fraction of sp³-hybridized carbons (Fsp3) is 0.875. The minimum absolute atomic E-state index is 0.139. The van der Waals surface area contributed by atoms with Crippen molar-refractivity contribution in [3.05, 3.63) is 0 Å². The maximum absolute atomic E-state index is 12.6. The molecule has 6 heteroatoms. The highest BCUT2D eigenvalue weighted by molar-refractivity contribution is 5.70. The van der Waals surface area contributed by atoms with E-state index < -0.39 is 17.5 Å². The van der Waals surface area contributed by atoms with E-state index in [1.54, 1.807) is 4.90 Å². The number of fused-ring (bicyclic) bond motifs is 1. The molecule has 0 saturated carbocycles. The standard InChI is InChI=1S/C16H26N2O4/c1-7-10-12-13(21-16(5,6)20-12)11(8-9-17)18(10)14(19)22-15(2,3)4/h10-13H,7-8H2,1-6H3/t10-,11?,12-,13+/m1/s1. The van der Waals surface area contributed by atoms with E-state index in [1.807, 2.05) is 41.5 Å². The molecule has 22 heavy (non-hydrogen) atoms. The molecule has 1 unspecified atom stereocenters. The molecule has 2 aliphatic rings. The van der Waals surface area contributed by atoms with Crippen LogP contribution in [0.15, 0.2) is 0 Å². The van der Waals surface area contributed by atoms with Gasteiger partial charge in [0, 0.05) is 0 Å². The first-order valence-corrected chi connectivity index (χ1v) is 7.83. The lowest BCUT2D eigenvalue weighted by atomic mass is 10.1. The van der Waals surface area contributed by atoms with Crippen LogP contribution < -0.4 is 0 Å². The third-order valence-electron chi connectivity index (χ3n) is 3.96. The highest BCUT2D eigenvalue weighted by Gasteiger charge is 2.59. The molecular formula is C16H26N2O4. The van der Waals surface area contributed by atoms with Crippen LogP contribution in [0.1, 0.15) is 54.4 Å². The van der Waals surface area contributed by atoms with E-state index in [0.29, 0.717) is 0 Å². The molecule has 0 aromatic carbocycles. The smallest absolute Gasteiger partial charge is 0.411 e. The van der Waals surface area contributed by atoms with Crippen LogP contribution in [-0.2, 0) is 14.2 Å². The SMILES string of the molecule is CC[C@@H]1[C@H]2OC(C)(C)O[C@H]2C(CC#N)N1C(=O)OC(C)(C)C. The van der Waals surface area contributed by atoms with Gasteiger partial charge >= 0.3 is 6.09 Å². The zero-order chi connectivity index (χ0) is 16.7. The van der Waals surface area contributed by atoms with Crippen molar-refractivity contribution in [1.82, 2.24) is 4.90 Å². The highest BCUT2D eigenvalue weighted by Crippen LogP contribution is 2.42. The van der Waals surface area contributed by atoms with Crippen LogP contribution in [0.4, 0.5) is 4.79 Å². The molecule has 2 saturated heterocycles. The number of hydrogen-bond acceptors (Lipinski definition) is 5. The van der Waals surface area contributed by atoms with Crippen LogP contribution in [-0.4, -0.2) is 46.7 Å². The van der Waals surface area contributed by atoms with Crippen LogP contribution in [0.2, 0.25) is 0 Å². The molecule has 0 aromatic rings. The predicted molar refractivity (Wildman–Crippen MR) is 80.0 cm³/mol. The van der Waals surface area contributed by atoms with E-state index in [0.717, 1.165) is 6.42 Å². The summed E-state index contributed by atoms with van der Waals surface area (Å²) in [5, 5.41) is 9.14. The van der Waals surface area contributed by atoms with Crippen molar-refractivity contribution in [3.63, 3.8) is 0 Å². The number of ether oxygens (including phenoxy) is 3. The molecular weight excluding hydrogens is 284 g/mol. The summed E-state index contributed by atoms with van der Waals surface area (Å²) in [6, 6.07) is 1.68. The van der Waals surface area contributed by atoms with Gasteiger partial charge in [-0.15, -0.1) is 0 Å². The third kappa shape index (κ3) is 3.21. The van der Waals surface area contributed by atoms with E-state index in [-0.39, 0.29) is 30.7 Å². The Labute approximate surface area is 132 Å². The van der Waals surface area contributed by atoms with Gasteiger partial charge in [0.15, 0.2) is 5.79 Å². The fourth-order valence-corrected chi connectivity index (χ4v) is 3.30. The van der Waals surface area contributed by atoms with Gasteiger partial charge in [0.05, 0.1) is 24.6 Å². The first kappa shape index (κ1) is 17.0. The molecule has 2 rings (SSSR count). The number of amides is 1. The lowest BCUT2D eigenvalue weighted by Gasteiger charge is -2.34. The van der Waals surface area contributed by atoms with Crippen molar-refractivity contribution < 1.29 is 19.0 Å². The molecule has 4 atom stereocenters. The van der Waals surface area contributed by atoms with Gasteiger partial charge in [0.2, 0.25) is 0 Å². The number of likely N-dealkylation sites (tertiary alicyclic amines) is 1. The van der Waals surface area contributed by atoms with Crippen molar-refractivity contribution in [2.45, 2.75) is 90.1 Å². The number of rotatable bonds is 2. The molecule has 0 radical (unpaired) electrons. The Morgan fingerprint density at radius 3 is 2.27 bits per heavy atom. The Kier molecular flexibility index (Phi) is 4.42. The Morgan fingerprint density at radius 1 is 1.27 bits per heavy atom. The average Bonchev–Trinajstić information content (AvgIpc) is 2.79. The molecule has 0 spiro atoms. The van der Waals surface area contributed by atoms with Crippen LogP contribution in [0.5, 0.6) is 0 Å². The molecule has 2 heterocycles. The minimum atomic E-state index is -0.684. The van der Waals surface area contributed by atoms with E-state index in [4.69, 9.17) is 19.5 Å². The molecule has 0 N–H and O–H groups in total. The van der Waals surface area contributed by atoms with E-state index in [2.05, 4.69) is 6.07 Å². The minimum Gasteiger partial charge on any atom is -0.444 e. The molecule has 1 amide bonds. The molecule has 0 bridgehead atoms. The maximum atomic E-state index is 12.6. The average molecular weight is 310 g/mol. The van der Waals surface area contributed by atoms with Crippen LogP contribution in [0.25, 0.3) is 0 Å². The molecule has 0 aliphatic carbocycles. The monoisotopic (exact) mass is 310 g/mol. The van der Waals surface area contributed by atoms with Crippen LogP contribution in [0, 0.1) is 11.3 Å². The zero-order valence-electron chi connectivity index (χ0n) is 14.3. The Hall–Kier alpha value is -1.32. The van der Waals surface area contributed by atoms with Gasteiger partial charge in [-0.3, -0.25) is 4.90 Å². The number of carbonyl (C=O) groups is 1. The van der Waals surface area contributed by atoms with Gasteiger partial charge in [-0.25, -0.2) is 4.79 Å². The Bertz CT molecular complexity index is 478. The summed E-state index contributed by atoms with van der Waals surface area (Å²) in [6.07, 6.45) is 0.0231. The maximum Gasteiger partial charge on any atom is 0.411 e. The molecule has 124 valence electrons. The van der Waals surface area contributed by atoms with Gasteiger partial charge in [0.1, 0.15) is 17.8 Å². The summed E-state index contributed by atoms with van der Waals surface area (Å²) in [6.45, 7) is 11.2. The molecule has 0 aromatic heterocycles. The summed E-state index contributed by atoms with van der Waals surface area (Å²) in [7, 11) is 0. The summed E-state index contributed by atoms with van der Waals surface area (Å²) in [5.74, 6) is -0.684. The van der Waals surface area contributed by atoms with Gasteiger partial charge < -0.3 is 14.2 Å². The van der Waals surface area contributed by atoms with Crippen molar-refractivity contribution in [2.24, 2.45) is 0 Å². The zero-order valence-corrected chi connectivity index (χ0v) is 14.3. The van der Waals surface area contributed by atoms with Crippen LogP contribution >= 0.6 is 0 Å². The van der Waals surface area contributed by atoms with Gasteiger partial charge in [-0.05, 0) is 41.0 Å². The summed E-state index contributed by atoms with van der Waals surface area (Å²) in [4.78, 5) is 14.2. The first-order valence-electron chi connectivity index (χ1n) is 7.83. The van der Waals surface area contributed by atoms with E-state index >= 15 is 0 Å². The summed E-state index contributed by atoms with van der Waals surface area (Å²) in [5.41, 5.74) is -0.578. The first-order chi connectivity index (χ1) is 10.1. The summed E-state index contributed by atoms with van der Waals surface area (Å²) < 4.78 is 17.5. The summed E-state index contributed by atoms with van der Waals surface area (Å²) >= 11 is 0. The van der Waals surface area contributed by atoms with Gasteiger partial charge in [0.25, 0.3) is 0 Å². The topological polar surface area (TPSA) is 71.8 Å². The van der Waals surface area contributed by atoms with E-state index in [9.17, 15) is 4.79 Å². The Morgan fingerprint density at radius 2 is 1.82 bits per heavy atom. The Balaban J connectivity index is 2.28. The highest BCUT2D eigenvalue weighted by atomic mass is 16.8. The number of nitrogens with zero attached hydrogens (tertiary/aromatic N) is 2. The number of hydrogen-bond donors (Lipinski definition) is 0. The molecule has 2 fully saturated rings. The second kappa shape index (κ2) is 5.71. The van der Waals surface area contributed by atoms with Crippen molar-refractivity contribution in [1.29, 1.82) is 5.26 Å². The normalized spacial score (nSPS) is 33.4. The third-order valence-corrected chi connectivity index (χ3v) is 3.96. The predicted octanol–water partition coefficient (Wildman–Crippen LogP) is 2.82. The molecule has 6 nitrogen and oxygen atoms in total. The second-order valence-electron chi connectivity index (χ2n) is 7.36.